The second-order valence-electron chi connectivity index (χ2n) is 10.6. The Hall–Kier alpha value is -3.08. The molecule has 1 saturated heterocycles. The minimum absolute atomic E-state index is 0.125. The second-order valence-corrected chi connectivity index (χ2v) is 14.5. The van der Waals surface area contributed by atoms with Crippen molar-refractivity contribution in [1.29, 1.82) is 0 Å². The zero-order valence-corrected chi connectivity index (χ0v) is 23.0. The number of aliphatic hydroxyl groups is 1. The number of halogens is 15. The summed E-state index contributed by atoms with van der Waals surface area (Å²) in [6, 6.07) is 7.17. The molecule has 0 unspecified atom stereocenters. The van der Waals surface area contributed by atoms with Crippen molar-refractivity contribution >= 4 is 17.7 Å². The molecule has 0 radical (unpaired) electrons. The fraction of sp³-hybridized carbons (Fsp3) is 0.333. The third-order valence-corrected chi connectivity index (χ3v) is 13.2. The molecule has 252 valence electrons. The van der Waals surface area contributed by atoms with Crippen LogP contribution in [0, 0.1) is 0 Å². The predicted molar refractivity (Wildman–Crippen MR) is 130 cm³/mol. The molecule has 5 rings (SSSR count). The van der Waals surface area contributed by atoms with E-state index >= 15 is 0 Å². The fourth-order valence-electron chi connectivity index (χ4n) is 6.15. The van der Waals surface area contributed by atoms with Crippen LogP contribution < -0.4 is 10.6 Å². The molecular formula is C27H16F15O3P. The molecular weight excluding hydrogens is 688 g/mol. The van der Waals surface area contributed by atoms with E-state index in [1.165, 1.54) is 0 Å². The summed E-state index contributed by atoms with van der Waals surface area (Å²) in [6.45, 7) is 0. The summed E-state index contributed by atoms with van der Waals surface area (Å²) < 4.78 is 228. The van der Waals surface area contributed by atoms with Gasteiger partial charge in [-0.15, -0.1) is 0 Å². The number of rotatable bonds is 3. The summed E-state index contributed by atoms with van der Waals surface area (Å²) in [7, 11) is -7.18. The molecule has 3 aromatic rings. The van der Waals surface area contributed by atoms with Gasteiger partial charge in [-0.2, -0.15) is 0 Å². The molecule has 2 heterocycles. The summed E-state index contributed by atoms with van der Waals surface area (Å²) >= 11 is 0. The molecule has 1 fully saturated rings. The van der Waals surface area contributed by atoms with Crippen LogP contribution in [0.4, 0.5) is 65.9 Å². The van der Waals surface area contributed by atoms with Gasteiger partial charge >= 0.3 is 247 Å². The van der Waals surface area contributed by atoms with E-state index in [1.807, 2.05) is 0 Å². The summed E-state index contributed by atoms with van der Waals surface area (Å²) in [5.41, 5.74) is -20.9. The number of fused-ring (bicyclic) bond motifs is 2. The number of benzene rings is 3. The Labute approximate surface area is 247 Å². The van der Waals surface area contributed by atoms with E-state index in [0.717, 1.165) is 18.2 Å². The van der Waals surface area contributed by atoms with Crippen LogP contribution in [-0.2, 0) is 25.9 Å². The van der Waals surface area contributed by atoms with E-state index < -0.39 is 88.2 Å². The van der Waals surface area contributed by atoms with Crippen molar-refractivity contribution in [3.8, 4) is 0 Å². The van der Waals surface area contributed by atoms with Crippen LogP contribution in [-0.4, -0.2) is 42.1 Å². The molecule has 0 aromatic heterocycles. The molecule has 0 bridgehead atoms. The van der Waals surface area contributed by atoms with E-state index in [4.69, 9.17) is 9.05 Å². The van der Waals surface area contributed by atoms with Crippen LogP contribution >= 0.6 is 7.06 Å². The molecule has 3 nitrogen and oxygen atoms in total. The van der Waals surface area contributed by atoms with Crippen LogP contribution in [0.15, 0.2) is 78.9 Å². The first-order valence-electron chi connectivity index (χ1n) is 12.5. The molecule has 1 atom stereocenters. The summed E-state index contributed by atoms with van der Waals surface area (Å²) in [4.78, 5) is 0. The zero-order valence-electron chi connectivity index (χ0n) is 22.1. The van der Waals surface area contributed by atoms with Gasteiger partial charge in [0.25, 0.3) is 0 Å². The Bertz CT molecular complexity index is 1620. The molecule has 1 N–H and O–H groups in total. The maximum absolute atomic E-state index is 14.9. The molecule has 0 saturated carbocycles. The third kappa shape index (κ3) is 4.05. The Morgan fingerprint density at radius 2 is 0.978 bits per heavy atom. The molecule has 46 heavy (non-hydrogen) atoms. The average molecular weight is 704 g/mol. The first-order valence-corrected chi connectivity index (χ1v) is 14.8. The normalized spacial score (nSPS) is 23.7. The Kier molecular flexibility index (Phi) is 7.08. The predicted octanol–water partition coefficient (Wildman–Crippen LogP) is 8.17. The number of hydrogen-bond donors (Lipinski definition) is 1. The van der Waals surface area contributed by atoms with Gasteiger partial charge in [-0.1, -0.05) is 0 Å². The van der Waals surface area contributed by atoms with Gasteiger partial charge < -0.3 is 0 Å². The Morgan fingerprint density at radius 1 is 0.543 bits per heavy atom. The molecule has 2 aliphatic rings. The topological polar surface area (TPSA) is 38.7 Å². The van der Waals surface area contributed by atoms with Crippen molar-refractivity contribution < 1.29 is 80.0 Å². The average Bonchev–Trinajstić information content (AvgIpc) is 3.21. The summed E-state index contributed by atoms with van der Waals surface area (Å²) in [5.74, 6) is 0. The van der Waals surface area contributed by atoms with Gasteiger partial charge in [0.1, 0.15) is 0 Å². The monoisotopic (exact) mass is 704 g/mol. The van der Waals surface area contributed by atoms with E-state index in [0.29, 0.717) is 42.5 Å². The van der Waals surface area contributed by atoms with Gasteiger partial charge in [0.15, 0.2) is 0 Å². The van der Waals surface area contributed by atoms with Gasteiger partial charge in [0.2, 0.25) is 0 Å². The SMILES string of the molecule is OC(c1ccccc1P12(C[C@@](c3ccccc3)(C(F)(F)F)O1)OC(C(F)(F)F)(C(F)(F)F)c1ccccc12)(C(F)(F)F)C(F)(F)F. The van der Waals surface area contributed by atoms with E-state index in [9.17, 15) is 71.0 Å². The molecule has 2 aliphatic heterocycles. The maximum atomic E-state index is 14.9. The molecule has 0 amide bonds. The van der Waals surface area contributed by atoms with Crippen molar-refractivity contribution in [2.45, 2.75) is 47.7 Å². The molecule has 1 spiro atoms. The minimum atomic E-state index is -7.18. The van der Waals surface area contributed by atoms with Crippen LogP contribution in [0.25, 0.3) is 0 Å². The molecule has 0 aliphatic carbocycles. The van der Waals surface area contributed by atoms with Gasteiger partial charge in [0.05, 0.1) is 0 Å². The van der Waals surface area contributed by atoms with E-state index in [2.05, 4.69) is 0 Å². The van der Waals surface area contributed by atoms with Gasteiger partial charge in [-0.3, -0.25) is 0 Å². The Morgan fingerprint density at radius 3 is 1.43 bits per heavy atom. The summed E-state index contributed by atoms with van der Waals surface area (Å²) in [6.07, 6.45) is -34.7. The van der Waals surface area contributed by atoms with Crippen molar-refractivity contribution in [1.82, 2.24) is 0 Å². The fourth-order valence-corrected chi connectivity index (χ4v) is 12.4. The van der Waals surface area contributed by atoms with Gasteiger partial charge in [-0.05, 0) is 0 Å². The quantitative estimate of drug-likeness (QED) is 0.221. The van der Waals surface area contributed by atoms with Crippen molar-refractivity contribution in [2.75, 3.05) is 6.16 Å². The number of hydrogen-bond acceptors (Lipinski definition) is 3. The number of alkyl halides is 15. The summed E-state index contributed by atoms with van der Waals surface area (Å²) in [5, 5.41) is 6.93. The third-order valence-electron chi connectivity index (χ3n) is 8.06. The molecule has 3 aromatic carbocycles. The van der Waals surface area contributed by atoms with Gasteiger partial charge in [-0.25, -0.2) is 0 Å². The standard InChI is InChI=1S/C27H16F15O3P/c28-23(29,30)20(15-8-2-1-3-9-15)14-46(44-20,18-12-6-4-10-16(18)21(43,24(31,32)33)25(34,35)36)19-13-7-5-11-17(19)22(45-46,26(37,38)39)27(40,41)42/h1-13,43H,14H2/t20-/m1/s1. The van der Waals surface area contributed by atoms with Crippen LogP contribution in [0.3, 0.4) is 0 Å². The van der Waals surface area contributed by atoms with Gasteiger partial charge in [0, 0.05) is 0 Å². The van der Waals surface area contributed by atoms with Crippen molar-refractivity contribution in [3.05, 3.63) is 95.6 Å². The first kappa shape index (κ1) is 34.3. The van der Waals surface area contributed by atoms with E-state index in [-0.39, 0.29) is 18.2 Å². The van der Waals surface area contributed by atoms with Crippen LogP contribution in [0.1, 0.15) is 16.7 Å². The van der Waals surface area contributed by atoms with E-state index in [1.54, 1.807) is 0 Å². The van der Waals surface area contributed by atoms with Crippen LogP contribution in [0.5, 0.6) is 0 Å². The molecule has 19 heteroatoms. The van der Waals surface area contributed by atoms with Crippen molar-refractivity contribution in [3.63, 3.8) is 0 Å². The van der Waals surface area contributed by atoms with Crippen LogP contribution in [0.2, 0.25) is 0 Å². The first-order chi connectivity index (χ1) is 20.8. The Balaban J connectivity index is 2.02. The second kappa shape index (κ2) is 9.51. The van der Waals surface area contributed by atoms with Crippen molar-refractivity contribution in [2.24, 2.45) is 0 Å². The zero-order chi connectivity index (χ0) is 34.6.